The van der Waals surface area contributed by atoms with E-state index in [2.05, 4.69) is 71.6 Å². The van der Waals surface area contributed by atoms with Crippen LogP contribution in [0.2, 0.25) is 0 Å². The first-order valence-corrected chi connectivity index (χ1v) is 27.8. The van der Waals surface area contributed by atoms with E-state index in [9.17, 15) is 27.2 Å². The molecule has 2 saturated heterocycles. The quantitative estimate of drug-likeness (QED) is 0.0322. The van der Waals surface area contributed by atoms with E-state index in [1.54, 1.807) is 47.3 Å². The predicted molar refractivity (Wildman–Crippen MR) is 316 cm³/mol. The summed E-state index contributed by atoms with van der Waals surface area (Å²) in [4.78, 5) is 46.3. The number of anilines is 4. The molecule has 0 bridgehead atoms. The van der Waals surface area contributed by atoms with Gasteiger partial charge in [0.2, 0.25) is 5.95 Å². The van der Waals surface area contributed by atoms with E-state index in [0.717, 1.165) is 79.9 Å². The number of hydrogen-bond donors (Lipinski definition) is 3. The number of aromatic nitrogens is 4. The van der Waals surface area contributed by atoms with Gasteiger partial charge in [-0.25, -0.2) is 22.5 Å². The fourth-order valence-electron chi connectivity index (χ4n) is 9.50. The number of thiocarbonyl (C=S) groups is 1. The molecule has 0 unspecified atom stereocenters. The molecule has 2 aliphatic rings. The first-order chi connectivity index (χ1) is 38.7. The molecule has 14 nitrogen and oxygen atoms in total. The number of aliphatic imine (C=N–C) groups is 1. The Balaban J connectivity index is 0.000000198. The van der Waals surface area contributed by atoms with E-state index in [-0.39, 0.29) is 41.2 Å². The summed E-state index contributed by atoms with van der Waals surface area (Å²) in [6.07, 6.45) is 8.51. The Morgan fingerprint density at radius 1 is 0.679 bits per heavy atom. The number of aryl methyl sites for hydroxylation is 1. The highest BCUT2D eigenvalue weighted by atomic mass is 32.1. The predicted octanol–water partition coefficient (Wildman–Crippen LogP) is 13.9. The number of likely N-dealkylation sites (tertiary alicyclic amines) is 2. The van der Waals surface area contributed by atoms with Crippen molar-refractivity contribution in [3.63, 3.8) is 0 Å². The number of nitrogens with two attached hydrogens (primary N) is 1. The standard InChI is InChI=1S/C31H35F2N5O2.C21H28N4O2.C10H9F2NS/c1-19(2)25-16-28(27(33)17-26(25)32)35-31-36-29-15-23(5-6-30(29)37(31)4)40-24-7-10-34-21(14-24)13-22(39)18-38-11-8-20(3)9-12-38;1-15-6-9-25(10-7-15)14-17(26)11-16-12-19(5-8-24-16)27-18-3-4-21(23-2)20(22)13-18;1-6(2)7-3-10(13-5-14)9(12)4-8(7)11/h5-7,10,14-17,19-20H,8-9,11-13,18H2,1-4H3,(H,35,36);3-5,8,12-13,15,23H,6-7,9-11,14,22H2,1-2H3;3-4,6H,1-2H3. The largest absolute Gasteiger partial charge is 0.457 e. The molecule has 0 spiro atoms. The molecule has 0 amide bonds. The van der Waals surface area contributed by atoms with Crippen molar-refractivity contribution in [3.05, 3.63) is 143 Å². The van der Waals surface area contributed by atoms with Crippen molar-refractivity contribution in [2.75, 3.05) is 62.7 Å². The van der Waals surface area contributed by atoms with Crippen LogP contribution in [0, 0.1) is 35.1 Å². The third kappa shape index (κ3) is 17.5. The lowest BCUT2D eigenvalue weighted by molar-refractivity contribution is -0.120. The van der Waals surface area contributed by atoms with Crippen molar-refractivity contribution in [1.29, 1.82) is 0 Å². The van der Waals surface area contributed by atoms with Crippen molar-refractivity contribution in [3.8, 4) is 23.0 Å². The Morgan fingerprint density at radius 3 is 1.68 bits per heavy atom. The average Bonchev–Trinajstić information content (AvgIpc) is 3.76. The number of pyridine rings is 2. The molecule has 7 aromatic rings. The lowest BCUT2D eigenvalue weighted by Crippen LogP contribution is -2.37. The smallest absolute Gasteiger partial charge is 0.208 e. The zero-order chi connectivity index (χ0) is 58.3. The molecule has 2 fully saturated rings. The number of Topliss-reactive ketones (excluding diaryl/α,β-unsaturated/α-hetero) is 2. The van der Waals surface area contributed by atoms with Crippen LogP contribution in [0.5, 0.6) is 23.0 Å². The van der Waals surface area contributed by atoms with Crippen LogP contribution in [-0.2, 0) is 29.5 Å². The SMILES string of the molecule is CC(C)c1cc(N=C=S)c(F)cc1F.CC1CCN(CC(=O)Cc2cc(Oc3ccc4c(c3)nc(Nc3cc(C(C)C)c(F)cc3F)n4C)ccn2)CC1.CNc1ccc(Oc2ccnc(CC(=O)CN3CCC(C)CC3)c2)cc1N. The van der Waals surface area contributed by atoms with Gasteiger partial charge in [-0.1, -0.05) is 41.5 Å². The minimum atomic E-state index is -0.718. The molecular formula is C62H72F4N10O4S. The van der Waals surface area contributed by atoms with Crippen LogP contribution in [0.25, 0.3) is 11.0 Å². The number of nitrogen functional groups attached to an aromatic ring is 1. The molecule has 428 valence electrons. The van der Waals surface area contributed by atoms with Crippen LogP contribution in [0.1, 0.15) is 102 Å². The number of nitrogens with zero attached hydrogens (tertiary/aromatic N) is 7. The molecule has 4 N–H and O–H groups in total. The molecule has 0 radical (unpaired) electrons. The van der Waals surface area contributed by atoms with Crippen LogP contribution in [0.15, 0.2) is 102 Å². The summed E-state index contributed by atoms with van der Waals surface area (Å²) in [5.41, 5.74) is 11.4. The lowest BCUT2D eigenvalue weighted by Gasteiger charge is -2.29. The summed E-state index contributed by atoms with van der Waals surface area (Å²) < 4.78 is 68.7. The van der Waals surface area contributed by atoms with Gasteiger partial charge in [0.05, 0.1) is 70.6 Å². The Morgan fingerprint density at radius 2 is 1.17 bits per heavy atom. The maximum Gasteiger partial charge on any atom is 0.208 e. The van der Waals surface area contributed by atoms with Crippen molar-refractivity contribution >= 4 is 68.7 Å². The van der Waals surface area contributed by atoms with Gasteiger partial charge in [0.25, 0.3) is 0 Å². The van der Waals surface area contributed by atoms with E-state index < -0.39 is 23.3 Å². The Labute approximate surface area is 477 Å². The number of benzene rings is 4. The number of hydrogen-bond acceptors (Lipinski definition) is 14. The normalized spacial score (nSPS) is 14.1. The third-order valence-corrected chi connectivity index (χ3v) is 14.4. The number of isothiocyanates is 1. The van der Waals surface area contributed by atoms with Gasteiger partial charge in [0.1, 0.15) is 46.1 Å². The first-order valence-electron chi connectivity index (χ1n) is 27.4. The van der Waals surface area contributed by atoms with Gasteiger partial charge in [-0.3, -0.25) is 29.4 Å². The number of fused-ring (bicyclic) bond motifs is 1. The maximum absolute atomic E-state index is 14.5. The van der Waals surface area contributed by atoms with Gasteiger partial charge in [-0.15, -0.1) is 0 Å². The Hall–Kier alpha value is -7.57. The Kier molecular flexibility index (Phi) is 21.7. The molecule has 5 heterocycles. The fraction of sp³-hybridized carbons (Fsp3) is 0.387. The molecule has 19 heteroatoms. The number of piperidine rings is 2. The van der Waals surface area contributed by atoms with Crippen LogP contribution < -0.4 is 25.8 Å². The second kappa shape index (κ2) is 28.7. The highest BCUT2D eigenvalue weighted by Gasteiger charge is 2.21. The molecule has 3 aromatic heterocycles. The molecule has 9 rings (SSSR count). The maximum atomic E-state index is 14.5. The third-order valence-electron chi connectivity index (χ3n) is 14.3. The number of halogens is 4. The number of carbonyl (C=O) groups is 2. The van der Waals surface area contributed by atoms with Crippen molar-refractivity contribution in [1.82, 2.24) is 29.3 Å². The number of nitrogens with one attached hydrogen (secondary N) is 2. The summed E-state index contributed by atoms with van der Waals surface area (Å²) in [6, 6.07) is 22.7. The van der Waals surface area contributed by atoms with E-state index in [0.29, 0.717) is 76.5 Å². The van der Waals surface area contributed by atoms with Crippen LogP contribution in [0.4, 0.5) is 46.3 Å². The zero-order valence-corrected chi connectivity index (χ0v) is 48.1. The number of carbonyl (C=O) groups excluding carboxylic acids is 2. The molecule has 81 heavy (non-hydrogen) atoms. The molecule has 4 aromatic carbocycles. The monoisotopic (exact) mass is 1130 g/mol. The van der Waals surface area contributed by atoms with Gasteiger partial charge in [-0.2, -0.15) is 4.99 Å². The van der Waals surface area contributed by atoms with Gasteiger partial charge >= 0.3 is 0 Å². The topological polar surface area (TPSA) is 165 Å². The van der Waals surface area contributed by atoms with E-state index in [4.69, 9.17) is 15.2 Å². The number of ketones is 2. The van der Waals surface area contributed by atoms with Crippen LogP contribution in [-0.4, -0.2) is 92.4 Å². The minimum absolute atomic E-state index is 0.0188. The van der Waals surface area contributed by atoms with Crippen molar-refractivity contribution in [2.24, 2.45) is 23.9 Å². The summed E-state index contributed by atoms with van der Waals surface area (Å²) >= 11 is 4.36. The van der Waals surface area contributed by atoms with Crippen LogP contribution in [0.3, 0.4) is 0 Å². The van der Waals surface area contributed by atoms with Gasteiger partial charge in [0.15, 0.2) is 17.4 Å². The molecular weight excluding hydrogens is 1060 g/mol. The van der Waals surface area contributed by atoms with Gasteiger partial charge in [0, 0.05) is 62.9 Å². The highest BCUT2D eigenvalue weighted by Crippen LogP contribution is 2.33. The van der Waals surface area contributed by atoms with E-state index >= 15 is 0 Å². The second-order valence-corrected chi connectivity index (χ2v) is 21.7. The van der Waals surface area contributed by atoms with E-state index in [1.165, 1.54) is 25.0 Å². The van der Waals surface area contributed by atoms with Gasteiger partial charge < -0.3 is 30.4 Å². The summed E-state index contributed by atoms with van der Waals surface area (Å²) in [6.45, 7) is 16.8. The highest BCUT2D eigenvalue weighted by molar-refractivity contribution is 7.78. The van der Waals surface area contributed by atoms with Gasteiger partial charge in [-0.05, 0) is 147 Å². The molecule has 0 aliphatic carbocycles. The molecule has 2 aliphatic heterocycles. The molecule has 0 saturated carbocycles. The second-order valence-electron chi connectivity index (χ2n) is 21.5. The fourth-order valence-corrected chi connectivity index (χ4v) is 9.60. The number of imidazole rings is 1. The molecule has 0 atom stereocenters. The first kappa shape index (κ1) is 61.1. The van der Waals surface area contributed by atoms with Crippen LogP contribution >= 0.6 is 12.2 Å². The summed E-state index contributed by atoms with van der Waals surface area (Å²) in [5, 5.41) is 8.08. The number of rotatable bonds is 18. The lowest BCUT2D eigenvalue weighted by atomic mass is 9.99. The van der Waals surface area contributed by atoms with E-state index in [1.807, 2.05) is 72.1 Å². The minimum Gasteiger partial charge on any atom is -0.457 e. The summed E-state index contributed by atoms with van der Waals surface area (Å²) in [7, 11) is 3.64. The zero-order valence-electron chi connectivity index (χ0n) is 47.3. The van der Waals surface area contributed by atoms with Crippen molar-refractivity contribution < 1.29 is 36.6 Å². The summed E-state index contributed by atoms with van der Waals surface area (Å²) in [5.74, 6) is 2.06. The number of ether oxygens (including phenoxy) is 2. The van der Waals surface area contributed by atoms with Crippen molar-refractivity contribution in [2.45, 2.75) is 91.9 Å². The Bertz CT molecular complexity index is 3350. The average molecular weight is 1130 g/mol.